The molecule has 0 saturated carbocycles. The van der Waals surface area contributed by atoms with Crippen molar-refractivity contribution < 1.29 is 14.6 Å². The lowest BCUT2D eigenvalue weighted by atomic mass is 9.96. The van der Waals surface area contributed by atoms with Gasteiger partial charge in [0.2, 0.25) is 5.91 Å². The van der Waals surface area contributed by atoms with E-state index in [4.69, 9.17) is 10.5 Å². The fraction of sp³-hybridized carbons (Fsp3) is 0.562. The molecular formula is C16H26N2O3. The number of hydrogen-bond acceptors (Lipinski definition) is 4. The number of phenolic OH excluding ortho intramolecular Hbond substituents is 1. The lowest BCUT2D eigenvalue weighted by molar-refractivity contribution is -0.134. The molecule has 0 aromatic heterocycles. The first-order chi connectivity index (χ1) is 9.88. The van der Waals surface area contributed by atoms with Crippen molar-refractivity contribution in [3.8, 4) is 11.5 Å². The van der Waals surface area contributed by atoms with Crippen molar-refractivity contribution in [1.29, 1.82) is 0 Å². The Kier molecular flexibility index (Phi) is 6.49. The summed E-state index contributed by atoms with van der Waals surface area (Å²) in [4.78, 5) is 14.1. The van der Waals surface area contributed by atoms with Crippen molar-refractivity contribution in [3.63, 3.8) is 0 Å². The summed E-state index contributed by atoms with van der Waals surface area (Å²) in [6.45, 7) is 4.99. The second kappa shape index (κ2) is 7.88. The first-order valence-corrected chi connectivity index (χ1v) is 7.20. The lowest BCUT2D eigenvalue weighted by Crippen LogP contribution is -2.37. The number of ether oxygens (including phenoxy) is 1. The van der Waals surface area contributed by atoms with Gasteiger partial charge in [-0.15, -0.1) is 0 Å². The third kappa shape index (κ3) is 4.93. The molecule has 0 saturated heterocycles. The number of hydrogen-bond donors (Lipinski definition) is 2. The third-order valence-corrected chi connectivity index (χ3v) is 3.43. The highest BCUT2D eigenvalue weighted by Crippen LogP contribution is 2.27. The number of nitrogens with zero attached hydrogens (tertiary/aromatic N) is 1. The summed E-state index contributed by atoms with van der Waals surface area (Å²) in [6, 6.07) is 5.08. The molecule has 21 heavy (non-hydrogen) atoms. The fourth-order valence-electron chi connectivity index (χ4n) is 2.35. The predicted molar refractivity (Wildman–Crippen MR) is 83.1 cm³/mol. The van der Waals surface area contributed by atoms with E-state index in [0.717, 1.165) is 12.0 Å². The summed E-state index contributed by atoms with van der Waals surface area (Å²) in [5, 5.41) is 9.58. The Morgan fingerprint density at radius 2 is 2.10 bits per heavy atom. The van der Waals surface area contributed by atoms with Gasteiger partial charge in [0, 0.05) is 20.1 Å². The van der Waals surface area contributed by atoms with Crippen LogP contribution in [0.1, 0.15) is 25.8 Å². The van der Waals surface area contributed by atoms with Crippen molar-refractivity contribution in [2.24, 2.45) is 17.6 Å². The second-order valence-corrected chi connectivity index (χ2v) is 5.76. The first kappa shape index (κ1) is 17.3. The van der Waals surface area contributed by atoms with Crippen LogP contribution in [-0.4, -0.2) is 36.6 Å². The Hall–Kier alpha value is -1.75. The van der Waals surface area contributed by atoms with Gasteiger partial charge in [-0.2, -0.15) is 0 Å². The predicted octanol–water partition coefficient (Wildman–Crippen LogP) is 1.98. The maximum absolute atomic E-state index is 12.4. The molecular weight excluding hydrogens is 268 g/mol. The van der Waals surface area contributed by atoms with Gasteiger partial charge in [0.1, 0.15) is 0 Å². The molecule has 0 spiro atoms. The Labute approximate surface area is 126 Å². The molecule has 1 atom stereocenters. The van der Waals surface area contributed by atoms with Crippen molar-refractivity contribution >= 4 is 5.91 Å². The zero-order chi connectivity index (χ0) is 16.0. The molecule has 0 bridgehead atoms. The highest BCUT2D eigenvalue weighted by atomic mass is 16.5. The van der Waals surface area contributed by atoms with E-state index in [1.807, 2.05) is 0 Å². The van der Waals surface area contributed by atoms with Gasteiger partial charge in [0.05, 0.1) is 13.0 Å². The molecule has 0 radical (unpaired) electrons. The maximum atomic E-state index is 12.4. The summed E-state index contributed by atoms with van der Waals surface area (Å²) in [5.74, 6) is 0.845. The largest absolute Gasteiger partial charge is 0.504 e. The standard InChI is InChI=1S/C16H26N2O3/c1-11(2)7-13(9-17)16(20)18(3)10-12-5-6-14(19)15(8-12)21-4/h5-6,8,11,13,19H,7,9-10,17H2,1-4H3. The van der Waals surface area contributed by atoms with Crippen LogP contribution < -0.4 is 10.5 Å². The molecule has 1 amide bonds. The van der Waals surface area contributed by atoms with Gasteiger partial charge in [-0.3, -0.25) is 4.79 Å². The SMILES string of the molecule is COc1cc(CN(C)C(=O)C(CN)CC(C)C)ccc1O. The molecule has 0 fully saturated rings. The Bertz CT molecular complexity index is 475. The van der Waals surface area contributed by atoms with E-state index >= 15 is 0 Å². The fourth-order valence-corrected chi connectivity index (χ4v) is 2.35. The zero-order valence-electron chi connectivity index (χ0n) is 13.3. The number of amides is 1. The molecule has 0 aliphatic carbocycles. The summed E-state index contributed by atoms with van der Waals surface area (Å²) < 4.78 is 5.08. The quantitative estimate of drug-likeness (QED) is 0.806. The molecule has 118 valence electrons. The van der Waals surface area contributed by atoms with Crippen LogP contribution in [-0.2, 0) is 11.3 Å². The van der Waals surface area contributed by atoms with Crippen LogP contribution in [0.3, 0.4) is 0 Å². The molecule has 1 aromatic rings. The number of aromatic hydroxyl groups is 1. The van der Waals surface area contributed by atoms with Crippen LogP contribution in [0.2, 0.25) is 0 Å². The number of carbonyl (C=O) groups is 1. The van der Waals surface area contributed by atoms with Crippen LogP contribution in [0.25, 0.3) is 0 Å². The molecule has 3 N–H and O–H groups in total. The van der Waals surface area contributed by atoms with Crippen LogP contribution in [0.4, 0.5) is 0 Å². The third-order valence-electron chi connectivity index (χ3n) is 3.43. The van der Waals surface area contributed by atoms with E-state index in [1.165, 1.54) is 7.11 Å². The average Bonchev–Trinajstić information content (AvgIpc) is 2.45. The minimum Gasteiger partial charge on any atom is -0.504 e. The number of methoxy groups -OCH3 is 1. The van der Waals surface area contributed by atoms with Crippen LogP contribution in [0, 0.1) is 11.8 Å². The molecule has 0 heterocycles. The highest BCUT2D eigenvalue weighted by molar-refractivity contribution is 5.78. The summed E-state index contributed by atoms with van der Waals surface area (Å²) in [7, 11) is 3.27. The van der Waals surface area contributed by atoms with E-state index < -0.39 is 0 Å². The van der Waals surface area contributed by atoms with Gasteiger partial charge in [0.15, 0.2) is 11.5 Å². The Morgan fingerprint density at radius 1 is 1.43 bits per heavy atom. The van der Waals surface area contributed by atoms with E-state index in [1.54, 1.807) is 30.1 Å². The number of phenols is 1. The van der Waals surface area contributed by atoms with Crippen molar-refractivity contribution in [2.45, 2.75) is 26.8 Å². The van der Waals surface area contributed by atoms with E-state index in [-0.39, 0.29) is 17.6 Å². The maximum Gasteiger partial charge on any atom is 0.227 e. The molecule has 1 aromatic carbocycles. The molecule has 0 aliphatic heterocycles. The Morgan fingerprint density at radius 3 is 2.62 bits per heavy atom. The normalized spacial score (nSPS) is 12.3. The molecule has 0 aliphatic rings. The van der Waals surface area contributed by atoms with E-state index in [0.29, 0.717) is 24.8 Å². The molecule has 5 heteroatoms. The first-order valence-electron chi connectivity index (χ1n) is 7.20. The second-order valence-electron chi connectivity index (χ2n) is 5.76. The monoisotopic (exact) mass is 294 g/mol. The van der Waals surface area contributed by atoms with Crippen molar-refractivity contribution in [1.82, 2.24) is 4.90 Å². The molecule has 1 rings (SSSR count). The van der Waals surface area contributed by atoms with Crippen molar-refractivity contribution in [3.05, 3.63) is 23.8 Å². The summed E-state index contributed by atoms with van der Waals surface area (Å²) >= 11 is 0. The molecule has 5 nitrogen and oxygen atoms in total. The smallest absolute Gasteiger partial charge is 0.227 e. The van der Waals surface area contributed by atoms with E-state index in [9.17, 15) is 9.90 Å². The molecule has 1 unspecified atom stereocenters. The summed E-state index contributed by atoms with van der Waals surface area (Å²) in [5.41, 5.74) is 6.62. The van der Waals surface area contributed by atoms with Gasteiger partial charge < -0.3 is 20.5 Å². The van der Waals surface area contributed by atoms with Crippen LogP contribution in [0.15, 0.2) is 18.2 Å². The summed E-state index contributed by atoms with van der Waals surface area (Å²) in [6.07, 6.45) is 0.790. The van der Waals surface area contributed by atoms with Gasteiger partial charge in [-0.1, -0.05) is 19.9 Å². The average molecular weight is 294 g/mol. The van der Waals surface area contributed by atoms with Gasteiger partial charge in [-0.25, -0.2) is 0 Å². The highest BCUT2D eigenvalue weighted by Gasteiger charge is 2.22. The lowest BCUT2D eigenvalue weighted by Gasteiger charge is -2.24. The Balaban J connectivity index is 2.75. The van der Waals surface area contributed by atoms with Crippen LogP contribution in [0.5, 0.6) is 11.5 Å². The van der Waals surface area contributed by atoms with Gasteiger partial charge >= 0.3 is 0 Å². The van der Waals surface area contributed by atoms with Gasteiger partial charge in [0.25, 0.3) is 0 Å². The van der Waals surface area contributed by atoms with E-state index in [2.05, 4.69) is 13.8 Å². The number of benzene rings is 1. The topological polar surface area (TPSA) is 75.8 Å². The van der Waals surface area contributed by atoms with Gasteiger partial charge in [-0.05, 0) is 30.0 Å². The zero-order valence-corrected chi connectivity index (χ0v) is 13.3. The minimum absolute atomic E-state index is 0.0539. The van der Waals surface area contributed by atoms with Crippen LogP contribution >= 0.6 is 0 Å². The number of carbonyl (C=O) groups excluding carboxylic acids is 1. The number of rotatable bonds is 7. The minimum atomic E-state index is -0.144. The van der Waals surface area contributed by atoms with Crippen molar-refractivity contribution in [2.75, 3.05) is 20.7 Å². The number of nitrogens with two attached hydrogens (primary N) is 1.